The second-order valence-corrected chi connectivity index (χ2v) is 13.0. The summed E-state index contributed by atoms with van der Waals surface area (Å²) >= 11 is 6.19. The molecule has 5 atom stereocenters. The smallest absolute Gasteiger partial charge is 0.340 e. The number of anilines is 1. The SMILES string of the molecule is O=P(O)(O)CP(=O)(O)OC[C@H]1O[C@@H](n2nnc3c(N[C@H]4CCc5ccccc54)nc(Cl)nc32)C[C@@H]1O. The lowest BCUT2D eigenvalue weighted by Gasteiger charge is -2.18. The van der Waals surface area contributed by atoms with Crippen LogP contribution in [0.1, 0.15) is 36.2 Å². The monoisotopic (exact) mass is 560 g/mol. The van der Waals surface area contributed by atoms with Crippen molar-refractivity contribution in [1.82, 2.24) is 25.0 Å². The summed E-state index contributed by atoms with van der Waals surface area (Å²) in [6.45, 7) is -0.568. The Morgan fingerprint density at radius 2 is 2.00 bits per heavy atom. The van der Waals surface area contributed by atoms with Crippen LogP contribution < -0.4 is 5.32 Å². The van der Waals surface area contributed by atoms with Crippen LogP contribution >= 0.6 is 26.8 Å². The Morgan fingerprint density at radius 1 is 1.22 bits per heavy atom. The molecule has 5 N–H and O–H groups in total. The predicted octanol–water partition coefficient (Wildman–Crippen LogP) is 1.96. The van der Waals surface area contributed by atoms with Gasteiger partial charge in [0, 0.05) is 6.42 Å². The summed E-state index contributed by atoms with van der Waals surface area (Å²) in [6.07, 6.45) is -1.21. The van der Waals surface area contributed by atoms with Crippen molar-refractivity contribution >= 4 is 43.8 Å². The van der Waals surface area contributed by atoms with Crippen molar-refractivity contribution in [2.45, 2.75) is 43.7 Å². The maximum atomic E-state index is 11.9. The average Bonchev–Trinajstić information content (AvgIpc) is 3.48. The summed E-state index contributed by atoms with van der Waals surface area (Å²) in [4.78, 5) is 36.0. The highest BCUT2D eigenvalue weighted by Crippen LogP contribution is 2.55. The number of halogens is 1. The van der Waals surface area contributed by atoms with Crippen LogP contribution in [-0.2, 0) is 24.8 Å². The molecule has 3 aromatic rings. The number of benzene rings is 1. The molecule has 194 valence electrons. The quantitative estimate of drug-likeness (QED) is 0.198. The van der Waals surface area contributed by atoms with E-state index in [1.54, 1.807) is 0 Å². The molecule has 0 bridgehead atoms. The fourth-order valence-corrected chi connectivity index (χ4v) is 7.18. The van der Waals surface area contributed by atoms with E-state index in [0.717, 1.165) is 18.4 Å². The van der Waals surface area contributed by atoms with Gasteiger partial charge in [-0.3, -0.25) is 9.13 Å². The minimum atomic E-state index is -4.78. The fourth-order valence-electron chi connectivity index (χ4n) is 4.45. The second kappa shape index (κ2) is 9.71. The van der Waals surface area contributed by atoms with E-state index in [0.29, 0.717) is 11.3 Å². The minimum Gasteiger partial charge on any atom is -0.390 e. The summed E-state index contributed by atoms with van der Waals surface area (Å²) in [5, 5.41) is 22.0. The number of nitrogens with zero attached hydrogens (tertiary/aromatic N) is 5. The molecule has 2 aliphatic rings. The Labute approximate surface area is 209 Å². The van der Waals surface area contributed by atoms with Gasteiger partial charge >= 0.3 is 15.2 Å². The maximum absolute atomic E-state index is 11.9. The van der Waals surface area contributed by atoms with E-state index in [9.17, 15) is 19.1 Å². The van der Waals surface area contributed by atoms with Gasteiger partial charge < -0.3 is 34.4 Å². The lowest BCUT2D eigenvalue weighted by molar-refractivity contribution is -0.0440. The number of rotatable bonds is 8. The van der Waals surface area contributed by atoms with Gasteiger partial charge in [0.2, 0.25) is 5.28 Å². The Kier molecular flexibility index (Phi) is 6.92. The van der Waals surface area contributed by atoms with Gasteiger partial charge in [0.05, 0.1) is 18.8 Å². The standard InChI is InChI=1S/C19H23ClN6O8P2/c20-19-22-17(21-12-6-5-10-3-1-2-4-11(10)12)16-18(23-19)26(25-24-16)15-7-13(27)14(34-15)8-33-36(31,32)9-35(28,29)30/h1-4,12-15,27H,5-9H2,(H,31,32)(H,21,22,23)(H2,28,29,30)/t12-,13-,14+,15+/m0/s1. The summed E-state index contributed by atoms with van der Waals surface area (Å²) in [5.41, 5.74) is 3.03. The highest BCUT2D eigenvalue weighted by Gasteiger charge is 2.40. The molecule has 0 amide bonds. The number of hydrogen-bond acceptors (Lipinski definition) is 10. The van der Waals surface area contributed by atoms with Crippen LogP contribution in [0.15, 0.2) is 24.3 Å². The molecule has 1 aromatic carbocycles. The molecule has 17 heteroatoms. The first-order chi connectivity index (χ1) is 17.0. The van der Waals surface area contributed by atoms with Crippen molar-refractivity contribution < 1.29 is 38.2 Å². The van der Waals surface area contributed by atoms with E-state index < -0.39 is 46.1 Å². The molecular weight excluding hydrogens is 538 g/mol. The van der Waals surface area contributed by atoms with Gasteiger partial charge in [-0.05, 0) is 35.6 Å². The lowest BCUT2D eigenvalue weighted by Crippen LogP contribution is -2.26. The topological polar surface area (TPSA) is 202 Å². The Balaban J connectivity index is 1.33. The van der Waals surface area contributed by atoms with E-state index >= 15 is 0 Å². The maximum Gasteiger partial charge on any atom is 0.340 e. The van der Waals surface area contributed by atoms with Gasteiger partial charge in [-0.25, -0.2) is 0 Å². The number of aliphatic hydroxyl groups excluding tert-OH is 1. The number of ether oxygens (including phenoxy) is 1. The van der Waals surface area contributed by atoms with Crippen LogP contribution in [-0.4, -0.2) is 69.5 Å². The molecule has 1 unspecified atom stereocenters. The number of fused-ring (bicyclic) bond motifs is 2. The molecule has 1 aliphatic carbocycles. The van der Waals surface area contributed by atoms with Crippen molar-refractivity contribution in [3.05, 3.63) is 40.7 Å². The van der Waals surface area contributed by atoms with Gasteiger partial charge in [0.15, 0.2) is 29.1 Å². The Hall–Kier alpha value is -1.99. The van der Waals surface area contributed by atoms with Crippen molar-refractivity contribution in [3.63, 3.8) is 0 Å². The summed E-state index contributed by atoms with van der Waals surface area (Å²) < 4.78 is 34.8. The van der Waals surface area contributed by atoms with E-state index in [-0.39, 0.29) is 23.4 Å². The third-order valence-corrected chi connectivity index (χ3v) is 9.65. The molecule has 5 rings (SSSR count). The molecule has 14 nitrogen and oxygen atoms in total. The molecule has 1 saturated heterocycles. The zero-order chi connectivity index (χ0) is 25.7. The van der Waals surface area contributed by atoms with E-state index in [2.05, 4.69) is 37.7 Å². The molecule has 36 heavy (non-hydrogen) atoms. The van der Waals surface area contributed by atoms with Gasteiger partial charge in [0.25, 0.3) is 0 Å². The Morgan fingerprint density at radius 3 is 2.78 bits per heavy atom. The third kappa shape index (κ3) is 5.47. The van der Waals surface area contributed by atoms with Crippen LogP contribution in [0.25, 0.3) is 11.2 Å². The number of hydrogen-bond donors (Lipinski definition) is 5. The van der Waals surface area contributed by atoms with Crippen molar-refractivity contribution in [2.75, 3.05) is 17.8 Å². The van der Waals surface area contributed by atoms with Crippen molar-refractivity contribution in [3.8, 4) is 0 Å². The zero-order valence-corrected chi connectivity index (χ0v) is 21.1. The number of nitrogens with one attached hydrogen (secondary N) is 1. The molecule has 0 radical (unpaired) electrons. The Bertz CT molecular complexity index is 1390. The number of aryl methyl sites for hydroxylation is 1. The average molecular weight is 561 g/mol. The number of aliphatic hydroxyl groups is 1. The molecule has 2 aromatic heterocycles. The molecule has 0 spiro atoms. The van der Waals surface area contributed by atoms with E-state index in [4.69, 9.17) is 30.6 Å². The first-order valence-corrected chi connectivity index (χ1v) is 14.9. The lowest BCUT2D eigenvalue weighted by atomic mass is 10.1. The normalized spacial score (nSPS) is 25.7. The third-order valence-electron chi connectivity index (χ3n) is 6.02. The van der Waals surface area contributed by atoms with Crippen LogP contribution in [0.3, 0.4) is 0 Å². The number of aromatic nitrogens is 5. The summed E-state index contributed by atoms with van der Waals surface area (Å²) in [7, 11) is -9.38. The zero-order valence-electron chi connectivity index (χ0n) is 18.6. The predicted molar refractivity (Wildman–Crippen MR) is 126 cm³/mol. The van der Waals surface area contributed by atoms with E-state index in [1.165, 1.54) is 10.2 Å². The largest absolute Gasteiger partial charge is 0.390 e. The fraction of sp³-hybridized carbons (Fsp3) is 0.474. The van der Waals surface area contributed by atoms with Crippen LogP contribution in [0.4, 0.5) is 5.82 Å². The highest BCUT2D eigenvalue weighted by atomic mass is 35.5. The van der Waals surface area contributed by atoms with Crippen molar-refractivity contribution in [2.24, 2.45) is 0 Å². The molecule has 0 saturated carbocycles. The molecule has 1 fully saturated rings. The van der Waals surface area contributed by atoms with Gasteiger partial charge in [-0.2, -0.15) is 14.6 Å². The first kappa shape index (κ1) is 25.7. The van der Waals surface area contributed by atoms with Gasteiger partial charge in [0.1, 0.15) is 6.10 Å². The van der Waals surface area contributed by atoms with E-state index in [1.807, 2.05) is 12.1 Å². The second-order valence-electron chi connectivity index (χ2n) is 8.65. The van der Waals surface area contributed by atoms with Crippen LogP contribution in [0, 0.1) is 0 Å². The molecular formula is C19H23ClN6O8P2. The molecule has 1 aliphatic heterocycles. The molecule has 3 heterocycles. The summed E-state index contributed by atoms with van der Waals surface area (Å²) in [5.74, 6) is -0.939. The highest BCUT2D eigenvalue weighted by molar-refractivity contribution is 7.70. The van der Waals surface area contributed by atoms with Gasteiger partial charge in [-0.15, -0.1) is 5.10 Å². The minimum absolute atomic E-state index is 0.00826. The van der Waals surface area contributed by atoms with Crippen LogP contribution in [0.2, 0.25) is 5.28 Å². The van der Waals surface area contributed by atoms with Crippen LogP contribution in [0.5, 0.6) is 0 Å². The first-order valence-electron chi connectivity index (χ1n) is 11.0. The van der Waals surface area contributed by atoms with Crippen molar-refractivity contribution in [1.29, 1.82) is 0 Å². The summed E-state index contributed by atoms with van der Waals surface area (Å²) in [6, 6.07) is 8.12. The van der Waals surface area contributed by atoms with Gasteiger partial charge in [-0.1, -0.05) is 29.5 Å².